The average molecular weight is 282 g/mol. The zero-order chi connectivity index (χ0) is 11.6. The maximum Gasteiger partial charge on any atom is 0.0207 e. The molecule has 0 heterocycles. The van der Waals surface area contributed by atoms with Gasteiger partial charge in [-0.05, 0) is 49.8 Å². The van der Waals surface area contributed by atoms with Crippen LogP contribution in [0.2, 0.25) is 0 Å². The van der Waals surface area contributed by atoms with Crippen molar-refractivity contribution in [2.75, 3.05) is 7.05 Å². The van der Waals surface area contributed by atoms with Crippen LogP contribution in [-0.2, 0) is 6.42 Å². The second kappa shape index (κ2) is 4.89. The third kappa shape index (κ3) is 2.67. The van der Waals surface area contributed by atoms with Crippen LogP contribution in [0.25, 0.3) is 0 Å². The molecule has 1 N–H and O–H groups in total. The molecule has 2 heteroatoms. The predicted molar refractivity (Wildman–Crippen MR) is 72.7 cm³/mol. The fourth-order valence-electron chi connectivity index (χ4n) is 2.83. The molecular weight excluding hydrogens is 262 g/mol. The Bertz CT molecular complexity index is 364. The van der Waals surface area contributed by atoms with Crippen LogP contribution in [0.1, 0.15) is 31.7 Å². The second-order valence-electron chi connectivity index (χ2n) is 5.31. The maximum atomic E-state index is 3.64. The van der Waals surface area contributed by atoms with Crippen molar-refractivity contribution >= 4 is 15.9 Å². The number of hydrogen-bond donors (Lipinski definition) is 1. The van der Waals surface area contributed by atoms with E-state index in [1.807, 2.05) is 0 Å². The maximum absolute atomic E-state index is 3.64. The Kier molecular flexibility index (Phi) is 3.70. The molecule has 16 heavy (non-hydrogen) atoms. The third-order valence-electron chi connectivity index (χ3n) is 3.82. The standard InChI is InChI=1S/C14H20BrN/c1-14(8-7-12(10-14)16-2)9-11-5-3-4-6-13(11)15/h3-6,12,16H,7-10H2,1-2H3. The highest BCUT2D eigenvalue weighted by molar-refractivity contribution is 9.10. The van der Waals surface area contributed by atoms with Gasteiger partial charge in [0, 0.05) is 10.5 Å². The van der Waals surface area contributed by atoms with Crippen LogP contribution >= 0.6 is 15.9 Å². The molecule has 1 saturated carbocycles. The quantitative estimate of drug-likeness (QED) is 0.890. The molecule has 1 aliphatic rings. The Labute approximate surface area is 107 Å². The number of nitrogens with one attached hydrogen (secondary N) is 1. The van der Waals surface area contributed by atoms with Gasteiger partial charge in [0.2, 0.25) is 0 Å². The van der Waals surface area contributed by atoms with Gasteiger partial charge in [-0.3, -0.25) is 0 Å². The summed E-state index contributed by atoms with van der Waals surface area (Å²) in [6.07, 6.45) is 5.13. The molecule has 1 aromatic carbocycles. The van der Waals surface area contributed by atoms with Crippen molar-refractivity contribution in [1.29, 1.82) is 0 Å². The summed E-state index contributed by atoms with van der Waals surface area (Å²) >= 11 is 3.64. The molecule has 0 bridgehead atoms. The van der Waals surface area contributed by atoms with E-state index in [-0.39, 0.29) is 0 Å². The van der Waals surface area contributed by atoms with Crippen LogP contribution < -0.4 is 5.32 Å². The molecule has 1 nitrogen and oxygen atoms in total. The van der Waals surface area contributed by atoms with Crippen LogP contribution in [0.3, 0.4) is 0 Å². The number of hydrogen-bond acceptors (Lipinski definition) is 1. The van der Waals surface area contributed by atoms with Gasteiger partial charge in [0.05, 0.1) is 0 Å². The zero-order valence-electron chi connectivity index (χ0n) is 10.1. The van der Waals surface area contributed by atoms with E-state index in [4.69, 9.17) is 0 Å². The number of benzene rings is 1. The Morgan fingerprint density at radius 3 is 2.81 bits per heavy atom. The van der Waals surface area contributed by atoms with Gasteiger partial charge in [-0.2, -0.15) is 0 Å². The monoisotopic (exact) mass is 281 g/mol. The van der Waals surface area contributed by atoms with E-state index >= 15 is 0 Å². The Balaban J connectivity index is 2.08. The van der Waals surface area contributed by atoms with Gasteiger partial charge < -0.3 is 5.32 Å². The summed E-state index contributed by atoms with van der Waals surface area (Å²) in [6.45, 7) is 2.42. The third-order valence-corrected chi connectivity index (χ3v) is 4.59. The minimum absolute atomic E-state index is 0.470. The van der Waals surface area contributed by atoms with E-state index in [0.717, 1.165) is 0 Å². The molecule has 0 saturated heterocycles. The van der Waals surface area contributed by atoms with E-state index < -0.39 is 0 Å². The smallest absolute Gasteiger partial charge is 0.0207 e. The van der Waals surface area contributed by atoms with Gasteiger partial charge in [0.1, 0.15) is 0 Å². The minimum atomic E-state index is 0.470. The molecule has 0 aliphatic heterocycles. The van der Waals surface area contributed by atoms with Crippen molar-refractivity contribution < 1.29 is 0 Å². The molecule has 0 spiro atoms. The number of rotatable bonds is 3. The van der Waals surface area contributed by atoms with E-state index in [1.165, 1.54) is 35.7 Å². The fraction of sp³-hybridized carbons (Fsp3) is 0.571. The molecule has 0 radical (unpaired) electrons. The summed E-state index contributed by atoms with van der Waals surface area (Å²) in [5, 5.41) is 3.41. The topological polar surface area (TPSA) is 12.0 Å². The summed E-state index contributed by atoms with van der Waals surface area (Å²) in [6, 6.07) is 9.31. The van der Waals surface area contributed by atoms with Crippen molar-refractivity contribution in [3.63, 3.8) is 0 Å². The van der Waals surface area contributed by atoms with Gasteiger partial charge in [-0.1, -0.05) is 41.1 Å². The lowest BCUT2D eigenvalue weighted by molar-refractivity contribution is 0.324. The summed E-state index contributed by atoms with van der Waals surface area (Å²) in [4.78, 5) is 0. The largest absolute Gasteiger partial charge is 0.317 e. The van der Waals surface area contributed by atoms with Crippen molar-refractivity contribution in [3.05, 3.63) is 34.3 Å². The zero-order valence-corrected chi connectivity index (χ0v) is 11.7. The van der Waals surface area contributed by atoms with Crippen LogP contribution in [0.5, 0.6) is 0 Å². The lowest BCUT2D eigenvalue weighted by Crippen LogP contribution is -2.24. The SMILES string of the molecule is CNC1CCC(C)(Cc2ccccc2Br)C1. The van der Waals surface area contributed by atoms with Crippen molar-refractivity contribution in [2.45, 2.75) is 38.6 Å². The molecule has 1 aromatic rings. The highest BCUT2D eigenvalue weighted by atomic mass is 79.9. The summed E-state index contributed by atoms with van der Waals surface area (Å²) < 4.78 is 1.25. The fourth-order valence-corrected chi connectivity index (χ4v) is 3.26. The molecule has 0 aromatic heterocycles. The minimum Gasteiger partial charge on any atom is -0.317 e. The molecular formula is C14H20BrN. The lowest BCUT2D eigenvalue weighted by atomic mass is 9.82. The summed E-state index contributed by atoms with van der Waals surface area (Å²) in [5.74, 6) is 0. The summed E-state index contributed by atoms with van der Waals surface area (Å²) in [5.41, 5.74) is 1.92. The predicted octanol–water partition coefficient (Wildman–Crippen LogP) is 3.77. The first kappa shape index (κ1) is 12.1. The van der Waals surface area contributed by atoms with E-state index in [1.54, 1.807) is 0 Å². The van der Waals surface area contributed by atoms with Crippen LogP contribution in [-0.4, -0.2) is 13.1 Å². The number of halogens is 1. The van der Waals surface area contributed by atoms with E-state index in [2.05, 4.69) is 59.5 Å². The average Bonchev–Trinajstić information content (AvgIpc) is 2.64. The first-order chi connectivity index (χ1) is 7.63. The molecule has 2 unspecified atom stereocenters. The Morgan fingerprint density at radius 2 is 2.19 bits per heavy atom. The van der Waals surface area contributed by atoms with E-state index in [0.29, 0.717) is 11.5 Å². The van der Waals surface area contributed by atoms with Crippen molar-refractivity contribution in [2.24, 2.45) is 5.41 Å². The van der Waals surface area contributed by atoms with Gasteiger partial charge in [-0.25, -0.2) is 0 Å². The lowest BCUT2D eigenvalue weighted by Gasteiger charge is -2.25. The Morgan fingerprint density at radius 1 is 1.44 bits per heavy atom. The molecule has 1 fully saturated rings. The van der Waals surface area contributed by atoms with Gasteiger partial charge in [-0.15, -0.1) is 0 Å². The van der Waals surface area contributed by atoms with Gasteiger partial charge in [0.15, 0.2) is 0 Å². The highest BCUT2D eigenvalue weighted by Crippen LogP contribution is 2.41. The van der Waals surface area contributed by atoms with Crippen molar-refractivity contribution in [1.82, 2.24) is 5.32 Å². The first-order valence-electron chi connectivity index (χ1n) is 6.04. The molecule has 2 atom stereocenters. The molecule has 2 rings (SSSR count). The molecule has 88 valence electrons. The second-order valence-corrected chi connectivity index (χ2v) is 6.16. The van der Waals surface area contributed by atoms with Gasteiger partial charge in [0.25, 0.3) is 0 Å². The van der Waals surface area contributed by atoms with Crippen LogP contribution in [0, 0.1) is 5.41 Å². The van der Waals surface area contributed by atoms with Crippen molar-refractivity contribution in [3.8, 4) is 0 Å². The highest BCUT2D eigenvalue weighted by Gasteiger charge is 2.34. The molecule has 1 aliphatic carbocycles. The van der Waals surface area contributed by atoms with Gasteiger partial charge >= 0.3 is 0 Å². The van der Waals surface area contributed by atoms with Crippen LogP contribution in [0.4, 0.5) is 0 Å². The normalized spacial score (nSPS) is 29.6. The Hall–Kier alpha value is -0.340. The summed E-state index contributed by atoms with van der Waals surface area (Å²) in [7, 11) is 2.08. The van der Waals surface area contributed by atoms with E-state index in [9.17, 15) is 0 Å². The molecule has 0 amide bonds. The van der Waals surface area contributed by atoms with Crippen LogP contribution in [0.15, 0.2) is 28.7 Å². The first-order valence-corrected chi connectivity index (χ1v) is 6.83.